The first-order chi connectivity index (χ1) is 9.53. The molecule has 1 fully saturated rings. The summed E-state index contributed by atoms with van der Waals surface area (Å²) in [5.74, 6) is -1.83. The van der Waals surface area contributed by atoms with Gasteiger partial charge in [0, 0.05) is 0 Å². The number of rotatable bonds is 5. The van der Waals surface area contributed by atoms with Crippen molar-refractivity contribution in [2.75, 3.05) is 6.54 Å². The van der Waals surface area contributed by atoms with Gasteiger partial charge < -0.3 is 5.11 Å². The Balaban J connectivity index is 1.73. The average molecular weight is 297 g/mol. The van der Waals surface area contributed by atoms with Crippen molar-refractivity contribution in [1.29, 1.82) is 0 Å². The van der Waals surface area contributed by atoms with E-state index in [0.717, 1.165) is 6.42 Å². The molecule has 8 heteroatoms. The van der Waals surface area contributed by atoms with Crippen LogP contribution in [0.15, 0.2) is 17.5 Å². The zero-order valence-corrected chi connectivity index (χ0v) is 11.5. The number of thiophene rings is 1. The van der Waals surface area contributed by atoms with Gasteiger partial charge in [-0.05, 0) is 30.7 Å². The van der Waals surface area contributed by atoms with Crippen LogP contribution in [-0.2, 0) is 9.59 Å². The van der Waals surface area contributed by atoms with E-state index >= 15 is 0 Å². The molecule has 20 heavy (non-hydrogen) atoms. The van der Waals surface area contributed by atoms with Gasteiger partial charge in [-0.15, -0.1) is 11.3 Å². The summed E-state index contributed by atoms with van der Waals surface area (Å²) < 4.78 is 0. The van der Waals surface area contributed by atoms with Crippen LogP contribution in [0.4, 0.5) is 0 Å². The molecule has 1 heterocycles. The molecule has 0 atom stereocenters. The Hall–Kier alpha value is -1.93. The van der Waals surface area contributed by atoms with Crippen molar-refractivity contribution in [3.63, 3.8) is 0 Å². The third kappa shape index (κ3) is 3.14. The molecular weight excluding hydrogens is 282 g/mol. The first-order valence-corrected chi connectivity index (χ1v) is 7.03. The van der Waals surface area contributed by atoms with Gasteiger partial charge in [-0.1, -0.05) is 6.07 Å². The van der Waals surface area contributed by atoms with Crippen molar-refractivity contribution < 1.29 is 19.5 Å². The Bertz CT molecular complexity index is 511. The molecular formula is C12H15N3O4S. The summed E-state index contributed by atoms with van der Waals surface area (Å²) in [5.41, 5.74) is 3.52. The molecule has 1 aromatic rings. The predicted octanol–water partition coefficient (Wildman–Crippen LogP) is 0.106. The lowest BCUT2D eigenvalue weighted by atomic mass is 9.77. The van der Waals surface area contributed by atoms with E-state index in [-0.39, 0.29) is 6.54 Å². The van der Waals surface area contributed by atoms with Crippen LogP contribution in [0.5, 0.6) is 0 Å². The number of hydrazine groups is 1. The number of aliphatic carboxylic acids is 1. The lowest BCUT2D eigenvalue weighted by Gasteiger charge is -2.38. The Labute approximate surface area is 119 Å². The molecule has 0 spiro atoms. The summed E-state index contributed by atoms with van der Waals surface area (Å²) >= 11 is 1.26. The van der Waals surface area contributed by atoms with Gasteiger partial charge in [0.2, 0.25) is 0 Å². The van der Waals surface area contributed by atoms with Gasteiger partial charge in [0.1, 0.15) is 5.54 Å². The van der Waals surface area contributed by atoms with E-state index in [1.54, 1.807) is 17.5 Å². The van der Waals surface area contributed by atoms with Gasteiger partial charge in [0.15, 0.2) is 0 Å². The fourth-order valence-electron chi connectivity index (χ4n) is 1.89. The van der Waals surface area contributed by atoms with E-state index in [0.29, 0.717) is 17.7 Å². The molecule has 1 aliphatic carbocycles. The fraction of sp³-hybridized carbons (Fsp3) is 0.417. The molecule has 7 nitrogen and oxygen atoms in total. The van der Waals surface area contributed by atoms with Crippen LogP contribution >= 0.6 is 11.3 Å². The van der Waals surface area contributed by atoms with Crippen molar-refractivity contribution >= 4 is 29.1 Å². The molecule has 4 N–H and O–H groups in total. The van der Waals surface area contributed by atoms with E-state index in [2.05, 4.69) is 16.2 Å². The van der Waals surface area contributed by atoms with Crippen molar-refractivity contribution in [3.05, 3.63) is 22.4 Å². The Kier molecular flexibility index (Phi) is 4.35. The van der Waals surface area contributed by atoms with Crippen LogP contribution < -0.4 is 16.2 Å². The zero-order valence-electron chi connectivity index (χ0n) is 10.6. The monoisotopic (exact) mass is 297 g/mol. The molecule has 1 saturated carbocycles. The molecule has 1 aromatic heterocycles. The van der Waals surface area contributed by atoms with Crippen LogP contribution in [0.2, 0.25) is 0 Å². The highest BCUT2D eigenvalue weighted by Crippen LogP contribution is 2.31. The molecule has 0 radical (unpaired) electrons. The van der Waals surface area contributed by atoms with Crippen LogP contribution in [0.25, 0.3) is 0 Å². The average Bonchev–Trinajstić information content (AvgIpc) is 2.88. The summed E-state index contributed by atoms with van der Waals surface area (Å²) in [5, 5.41) is 13.6. The minimum atomic E-state index is -0.991. The van der Waals surface area contributed by atoms with Crippen LogP contribution in [0.1, 0.15) is 28.9 Å². The zero-order chi connectivity index (χ0) is 14.6. The summed E-state index contributed by atoms with van der Waals surface area (Å²) in [4.78, 5) is 34.7. The highest BCUT2D eigenvalue weighted by molar-refractivity contribution is 7.12. The van der Waals surface area contributed by atoms with Gasteiger partial charge in [-0.2, -0.15) is 0 Å². The second kappa shape index (κ2) is 6.02. The topological polar surface area (TPSA) is 108 Å². The molecule has 0 unspecified atom stereocenters. The first-order valence-electron chi connectivity index (χ1n) is 6.15. The second-order valence-electron chi connectivity index (χ2n) is 4.57. The lowest BCUT2D eigenvalue weighted by Crippen LogP contribution is -2.59. The van der Waals surface area contributed by atoms with Crippen LogP contribution in [0, 0.1) is 0 Å². The van der Waals surface area contributed by atoms with Crippen molar-refractivity contribution in [2.45, 2.75) is 24.8 Å². The number of carboxylic acid groups (broad SMARTS) is 1. The highest BCUT2D eigenvalue weighted by atomic mass is 32.1. The summed E-state index contributed by atoms with van der Waals surface area (Å²) in [7, 11) is 0. The van der Waals surface area contributed by atoms with Gasteiger partial charge >= 0.3 is 5.97 Å². The maximum absolute atomic E-state index is 11.6. The van der Waals surface area contributed by atoms with Gasteiger partial charge in [0.05, 0.1) is 11.4 Å². The minimum absolute atomic E-state index is 0.156. The predicted molar refractivity (Wildman–Crippen MR) is 72.1 cm³/mol. The molecule has 0 aliphatic heterocycles. The van der Waals surface area contributed by atoms with Gasteiger partial charge in [-0.3, -0.25) is 30.6 Å². The lowest BCUT2D eigenvalue weighted by molar-refractivity contribution is -0.149. The number of hydrogen-bond donors (Lipinski definition) is 4. The van der Waals surface area contributed by atoms with Gasteiger partial charge in [-0.25, -0.2) is 0 Å². The highest BCUT2D eigenvalue weighted by Gasteiger charge is 2.44. The quantitative estimate of drug-likeness (QED) is 0.577. The SMILES string of the molecule is O=C(CNC1(C(=O)O)CCC1)NNC(=O)c1cccs1. The van der Waals surface area contributed by atoms with Crippen LogP contribution in [0.3, 0.4) is 0 Å². The number of nitrogens with one attached hydrogen (secondary N) is 3. The standard InChI is InChI=1S/C12H15N3O4S/c16-9(7-13-12(11(18)19)4-2-5-12)14-15-10(17)8-3-1-6-20-8/h1,3,6,13H,2,4-5,7H2,(H,14,16)(H,15,17)(H,18,19). The largest absolute Gasteiger partial charge is 0.480 e. The summed E-state index contributed by atoms with van der Waals surface area (Å²) in [6.45, 7) is -0.156. The number of hydrogen-bond acceptors (Lipinski definition) is 5. The number of carboxylic acids is 1. The third-order valence-electron chi connectivity index (χ3n) is 3.26. The first kappa shape index (κ1) is 14.5. The smallest absolute Gasteiger partial charge is 0.323 e. The number of carbonyl (C=O) groups excluding carboxylic acids is 2. The number of carbonyl (C=O) groups is 3. The Morgan fingerprint density at radius 2 is 2.05 bits per heavy atom. The summed E-state index contributed by atoms with van der Waals surface area (Å²) in [6.07, 6.45) is 1.85. The maximum Gasteiger partial charge on any atom is 0.323 e. The fourth-order valence-corrected chi connectivity index (χ4v) is 2.51. The molecule has 1 aliphatic rings. The minimum Gasteiger partial charge on any atom is -0.480 e. The van der Waals surface area contributed by atoms with Crippen LogP contribution in [-0.4, -0.2) is 35.0 Å². The molecule has 2 amide bonds. The van der Waals surface area contributed by atoms with Gasteiger partial charge in [0.25, 0.3) is 11.8 Å². The van der Waals surface area contributed by atoms with E-state index in [4.69, 9.17) is 5.11 Å². The van der Waals surface area contributed by atoms with E-state index in [1.807, 2.05) is 0 Å². The Morgan fingerprint density at radius 1 is 1.30 bits per heavy atom. The second-order valence-corrected chi connectivity index (χ2v) is 5.52. The summed E-state index contributed by atoms with van der Waals surface area (Å²) in [6, 6.07) is 3.37. The van der Waals surface area contributed by atoms with E-state index in [1.165, 1.54) is 11.3 Å². The number of amides is 2. The Morgan fingerprint density at radius 3 is 2.55 bits per heavy atom. The molecule has 2 rings (SSSR count). The maximum atomic E-state index is 11.6. The molecule has 0 aromatic carbocycles. The molecule has 0 saturated heterocycles. The van der Waals surface area contributed by atoms with Crippen molar-refractivity contribution in [3.8, 4) is 0 Å². The normalized spacial score (nSPS) is 16.0. The van der Waals surface area contributed by atoms with E-state index in [9.17, 15) is 14.4 Å². The van der Waals surface area contributed by atoms with Crippen molar-refractivity contribution in [1.82, 2.24) is 16.2 Å². The van der Waals surface area contributed by atoms with Crippen molar-refractivity contribution in [2.24, 2.45) is 0 Å². The third-order valence-corrected chi connectivity index (χ3v) is 4.13. The molecule has 108 valence electrons. The molecule has 0 bridgehead atoms. The van der Waals surface area contributed by atoms with E-state index < -0.39 is 23.3 Å².